The highest BCUT2D eigenvalue weighted by Gasteiger charge is 2.07. The van der Waals surface area contributed by atoms with Crippen molar-refractivity contribution in [2.75, 3.05) is 19.6 Å². The average molecular weight is 339 g/mol. The van der Waals surface area contributed by atoms with Gasteiger partial charge in [-0.25, -0.2) is 4.98 Å². The molecule has 0 unspecified atom stereocenters. The monoisotopic (exact) mass is 339 g/mol. The molecule has 0 aliphatic rings. The molecule has 1 heterocycles. The lowest BCUT2D eigenvalue weighted by Crippen LogP contribution is -1.96. The predicted molar refractivity (Wildman–Crippen MR) is 98.3 cm³/mol. The molecule has 0 spiro atoms. The number of anilines is 1. The van der Waals surface area contributed by atoms with E-state index < -0.39 is 0 Å². The van der Waals surface area contributed by atoms with Crippen LogP contribution in [-0.4, -0.2) is 25.4 Å². The number of aromatic nitrogens is 1. The first-order chi connectivity index (χ1) is 11.8. The van der Waals surface area contributed by atoms with E-state index >= 15 is 0 Å². The lowest BCUT2D eigenvalue weighted by Gasteiger charge is -2.09. The number of hydrogen-bond acceptors (Lipinski definition) is 6. The first-order valence-corrected chi connectivity index (χ1v) is 8.21. The molecule has 122 valence electrons. The second-order valence-electron chi connectivity index (χ2n) is 4.86. The fourth-order valence-corrected chi connectivity index (χ4v) is 2.91. The molecule has 3 aromatic rings. The summed E-state index contributed by atoms with van der Waals surface area (Å²) in [5, 5.41) is 6.97. The number of hydrazone groups is 1. The Balaban J connectivity index is 1.73. The zero-order chi connectivity index (χ0) is 16.8. The van der Waals surface area contributed by atoms with Gasteiger partial charge in [-0.15, -0.1) is 11.3 Å². The highest BCUT2D eigenvalue weighted by molar-refractivity contribution is 7.14. The van der Waals surface area contributed by atoms with E-state index in [0.29, 0.717) is 11.5 Å². The standard InChI is InChI=1S/C18H17N3O2S/c1-22-16-10-6-9-14(17(16)23-2)11-19-21-18-20-15(12-24-18)13-7-4-3-5-8-13/h3-12H,1-2H3,(H,20,21)/b19-11-. The molecule has 1 N–H and O–H groups in total. The van der Waals surface area contributed by atoms with Crippen molar-refractivity contribution in [3.63, 3.8) is 0 Å². The van der Waals surface area contributed by atoms with Gasteiger partial charge in [0.25, 0.3) is 0 Å². The number of ether oxygens (including phenoxy) is 2. The number of hydrogen-bond donors (Lipinski definition) is 1. The van der Waals surface area contributed by atoms with Gasteiger partial charge in [-0.05, 0) is 12.1 Å². The summed E-state index contributed by atoms with van der Waals surface area (Å²) in [4.78, 5) is 4.53. The van der Waals surface area contributed by atoms with Gasteiger partial charge >= 0.3 is 0 Å². The zero-order valence-corrected chi connectivity index (χ0v) is 14.2. The minimum Gasteiger partial charge on any atom is -0.493 e. The molecular weight excluding hydrogens is 322 g/mol. The fraction of sp³-hybridized carbons (Fsp3) is 0.111. The maximum absolute atomic E-state index is 5.38. The Morgan fingerprint density at radius 1 is 1.04 bits per heavy atom. The summed E-state index contributed by atoms with van der Waals surface area (Å²) >= 11 is 1.51. The third kappa shape index (κ3) is 3.55. The molecule has 5 nitrogen and oxygen atoms in total. The topological polar surface area (TPSA) is 55.7 Å². The number of para-hydroxylation sites is 1. The Morgan fingerprint density at radius 3 is 2.62 bits per heavy atom. The number of rotatable bonds is 6. The van der Waals surface area contributed by atoms with Gasteiger partial charge in [0.2, 0.25) is 5.13 Å². The van der Waals surface area contributed by atoms with Crippen molar-refractivity contribution in [2.45, 2.75) is 0 Å². The highest BCUT2D eigenvalue weighted by Crippen LogP contribution is 2.29. The van der Waals surface area contributed by atoms with E-state index in [9.17, 15) is 0 Å². The molecule has 1 aromatic heterocycles. The molecule has 0 bridgehead atoms. The summed E-state index contributed by atoms with van der Waals surface area (Å²) in [7, 11) is 3.22. The van der Waals surface area contributed by atoms with Crippen LogP contribution in [0.4, 0.5) is 5.13 Å². The van der Waals surface area contributed by atoms with Gasteiger partial charge in [0.1, 0.15) is 0 Å². The fourth-order valence-electron chi connectivity index (χ4n) is 2.24. The van der Waals surface area contributed by atoms with E-state index in [1.807, 2.05) is 53.9 Å². The highest BCUT2D eigenvalue weighted by atomic mass is 32.1. The zero-order valence-electron chi connectivity index (χ0n) is 13.4. The summed E-state index contributed by atoms with van der Waals surface area (Å²) in [6.07, 6.45) is 1.69. The number of nitrogens with zero attached hydrogens (tertiary/aromatic N) is 2. The van der Waals surface area contributed by atoms with Crippen molar-refractivity contribution >= 4 is 22.7 Å². The summed E-state index contributed by atoms with van der Waals surface area (Å²) in [5.74, 6) is 1.32. The largest absolute Gasteiger partial charge is 0.493 e. The van der Waals surface area contributed by atoms with Crippen LogP contribution in [0.15, 0.2) is 59.0 Å². The van der Waals surface area contributed by atoms with Crippen molar-refractivity contribution < 1.29 is 9.47 Å². The molecule has 0 amide bonds. The van der Waals surface area contributed by atoms with E-state index in [1.165, 1.54) is 11.3 Å². The minimum absolute atomic E-state index is 0.648. The first-order valence-electron chi connectivity index (χ1n) is 7.33. The Labute approximate surface area is 144 Å². The molecule has 0 saturated carbocycles. The third-order valence-electron chi connectivity index (χ3n) is 3.37. The molecular formula is C18H17N3O2S. The second-order valence-corrected chi connectivity index (χ2v) is 5.71. The van der Waals surface area contributed by atoms with E-state index in [-0.39, 0.29) is 0 Å². The van der Waals surface area contributed by atoms with Crippen molar-refractivity contribution in [2.24, 2.45) is 5.10 Å². The van der Waals surface area contributed by atoms with Crippen molar-refractivity contribution in [3.05, 3.63) is 59.5 Å². The first kappa shape index (κ1) is 16.0. The van der Waals surface area contributed by atoms with Gasteiger partial charge in [0.15, 0.2) is 11.5 Å². The van der Waals surface area contributed by atoms with Crippen LogP contribution in [0.5, 0.6) is 11.5 Å². The number of methoxy groups -OCH3 is 2. The molecule has 0 atom stereocenters. The lowest BCUT2D eigenvalue weighted by atomic mass is 10.2. The Hall–Kier alpha value is -2.86. The minimum atomic E-state index is 0.648. The van der Waals surface area contributed by atoms with Gasteiger partial charge in [-0.3, -0.25) is 5.43 Å². The summed E-state index contributed by atoms with van der Waals surface area (Å²) in [6, 6.07) is 15.7. The normalized spacial score (nSPS) is 10.8. The van der Waals surface area contributed by atoms with Crippen LogP contribution in [0.2, 0.25) is 0 Å². The van der Waals surface area contributed by atoms with E-state index in [1.54, 1.807) is 20.4 Å². The quantitative estimate of drug-likeness (QED) is 0.538. The van der Waals surface area contributed by atoms with Crippen LogP contribution in [0.3, 0.4) is 0 Å². The molecule has 6 heteroatoms. The van der Waals surface area contributed by atoms with Crippen LogP contribution in [0.1, 0.15) is 5.56 Å². The smallest absolute Gasteiger partial charge is 0.203 e. The molecule has 0 aliphatic carbocycles. The van der Waals surface area contributed by atoms with Gasteiger partial charge in [0, 0.05) is 16.5 Å². The molecule has 0 saturated heterocycles. The van der Waals surface area contributed by atoms with Crippen LogP contribution >= 0.6 is 11.3 Å². The molecule has 0 fully saturated rings. The van der Waals surface area contributed by atoms with Crippen molar-refractivity contribution in [3.8, 4) is 22.8 Å². The van der Waals surface area contributed by atoms with Gasteiger partial charge in [0.05, 0.1) is 26.1 Å². The Bertz CT molecular complexity index is 831. The predicted octanol–water partition coefficient (Wildman–Crippen LogP) is 4.27. The molecule has 3 rings (SSSR count). The lowest BCUT2D eigenvalue weighted by molar-refractivity contribution is 0.354. The second kappa shape index (κ2) is 7.61. The maximum atomic E-state index is 5.38. The third-order valence-corrected chi connectivity index (χ3v) is 4.12. The Morgan fingerprint density at radius 2 is 1.88 bits per heavy atom. The summed E-state index contributed by atoms with van der Waals surface area (Å²) in [6.45, 7) is 0. The van der Waals surface area contributed by atoms with Gasteiger partial charge in [-0.1, -0.05) is 36.4 Å². The van der Waals surface area contributed by atoms with Gasteiger partial charge in [-0.2, -0.15) is 5.10 Å². The van der Waals surface area contributed by atoms with E-state index in [4.69, 9.17) is 9.47 Å². The van der Waals surface area contributed by atoms with Crippen LogP contribution < -0.4 is 14.9 Å². The average Bonchev–Trinajstić information content (AvgIpc) is 3.11. The van der Waals surface area contributed by atoms with E-state index in [2.05, 4.69) is 15.5 Å². The molecule has 2 aromatic carbocycles. The summed E-state index contributed by atoms with van der Waals surface area (Å²) < 4.78 is 10.7. The number of nitrogens with one attached hydrogen (secondary N) is 1. The van der Waals surface area contributed by atoms with Crippen LogP contribution in [-0.2, 0) is 0 Å². The number of benzene rings is 2. The maximum Gasteiger partial charge on any atom is 0.203 e. The molecule has 0 radical (unpaired) electrons. The summed E-state index contributed by atoms with van der Waals surface area (Å²) in [5.41, 5.74) is 5.79. The van der Waals surface area contributed by atoms with Crippen LogP contribution in [0, 0.1) is 0 Å². The van der Waals surface area contributed by atoms with E-state index in [0.717, 1.165) is 22.0 Å². The number of thiazole rings is 1. The van der Waals surface area contributed by atoms with Crippen molar-refractivity contribution in [1.29, 1.82) is 0 Å². The molecule has 0 aliphatic heterocycles. The SMILES string of the molecule is COc1cccc(/C=N\Nc2nc(-c3ccccc3)cs2)c1OC. The van der Waals surface area contributed by atoms with Crippen molar-refractivity contribution in [1.82, 2.24) is 4.98 Å². The van der Waals surface area contributed by atoms with Gasteiger partial charge < -0.3 is 9.47 Å². The molecule has 24 heavy (non-hydrogen) atoms. The van der Waals surface area contributed by atoms with Crippen LogP contribution in [0.25, 0.3) is 11.3 Å². The Kier molecular flexibility index (Phi) is 5.08.